The third kappa shape index (κ3) is 2.43. The van der Waals surface area contributed by atoms with Gasteiger partial charge in [-0.15, -0.1) is 11.3 Å². The van der Waals surface area contributed by atoms with E-state index in [1.807, 2.05) is 31.4 Å². The molecule has 132 valence electrons. The largest absolute Gasteiger partial charge is 1.00 e. The number of rotatable bonds is 3. The van der Waals surface area contributed by atoms with Crippen LogP contribution in [0, 0.1) is 25.7 Å². The van der Waals surface area contributed by atoms with E-state index in [4.69, 9.17) is 0 Å². The normalized spacial score (nSPS) is 26.0. The fourth-order valence-electron chi connectivity index (χ4n) is 4.20. The molecule has 2 aromatic rings. The zero-order chi connectivity index (χ0) is 18.2. The first-order valence-corrected chi connectivity index (χ1v) is 8.97. The van der Waals surface area contributed by atoms with Gasteiger partial charge in [0.2, 0.25) is 5.91 Å². The van der Waals surface area contributed by atoms with Gasteiger partial charge in [-0.1, -0.05) is 6.92 Å². The number of aromatic nitrogens is 2. The van der Waals surface area contributed by atoms with Crippen molar-refractivity contribution >= 4 is 33.6 Å². The van der Waals surface area contributed by atoms with Gasteiger partial charge in [0, 0.05) is 17.7 Å². The fraction of sp³-hybridized carbons (Fsp3) is 0.471. The van der Waals surface area contributed by atoms with Crippen LogP contribution in [0.25, 0.3) is 10.4 Å². The SMILES string of the molecule is Cc1nc(C)n2cc(C3=C(C(=O)[O-])N4C(=O)[C@H]([C@@H](C)O)[C@H]4[C@H]3C)sc12.[Na+]. The van der Waals surface area contributed by atoms with Crippen LogP contribution in [0.4, 0.5) is 0 Å². The van der Waals surface area contributed by atoms with Gasteiger partial charge >= 0.3 is 29.6 Å². The van der Waals surface area contributed by atoms with Crippen molar-refractivity contribution in [2.45, 2.75) is 39.8 Å². The van der Waals surface area contributed by atoms with Gasteiger partial charge in [-0.2, -0.15) is 0 Å². The number of thiazole rings is 1. The zero-order valence-electron chi connectivity index (χ0n) is 15.3. The monoisotopic (exact) mass is 383 g/mol. The number of carboxylic acid groups (broad SMARTS) is 1. The van der Waals surface area contributed by atoms with Crippen LogP contribution in [0.2, 0.25) is 0 Å². The van der Waals surface area contributed by atoms with Crippen LogP contribution in [0.5, 0.6) is 0 Å². The second kappa shape index (κ2) is 6.45. The topological polar surface area (TPSA) is 98.0 Å². The third-order valence-corrected chi connectivity index (χ3v) is 6.52. The van der Waals surface area contributed by atoms with Gasteiger partial charge in [0.1, 0.15) is 10.7 Å². The first-order chi connectivity index (χ1) is 11.7. The Balaban J connectivity index is 0.00000196. The molecule has 1 saturated heterocycles. The Morgan fingerprint density at radius 3 is 2.62 bits per heavy atom. The van der Waals surface area contributed by atoms with Gasteiger partial charge in [-0.3, -0.25) is 9.20 Å². The van der Waals surface area contributed by atoms with E-state index in [-0.39, 0.29) is 53.1 Å². The number of aliphatic carboxylic acids is 1. The Kier molecular flexibility index (Phi) is 4.86. The van der Waals surface area contributed by atoms with Crippen molar-refractivity contribution in [1.29, 1.82) is 0 Å². The van der Waals surface area contributed by atoms with Crippen LogP contribution in [0.3, 0.4) is 0 Å². The minimum absolute atomic E-state index is 0. The van der Waals surface area contributed by atoms with Crippen molar-refractivity contribution in [3.05, 3.63) is 28.3 Å². The molecule has 0 radical (unpaired) electrons. The summed E-state index contributed by atoms with van der Waals surface area (Å²) < 4.78 is 1.94. The molecule has 1 N–H and O–H groups in total. The predicted molar refractivity (Wildman–Crippen MR) is 89.4 cm³/mol. The summed E-state index contributed by atoms with van der Waals surface area (Å²) in [5.41, 5.74) is 1.43. The molecule has 4 heterocycles. The number of carbonyl (C=O) groups is 2. The molecule has 2 aliphatic rings. The number of aliphatic hydroxyl groups is 1. The Morgan fingerprint density at radius 1 is 1.42 bits per heavy atom. The number of hydrogen-bond acceptors (Lipinski definition) is 6. The Hall–Kier alpha value is -1.19. The second-order valence-corrected chi connectivity index (χ2v) is 7.85. The molecule has 26 heavy (non-hydrogen) atoms. The van der Waals surface area contributed by atoms with Crippen LogP contribution in [0.1, 0.15) is 30.2 Å². The van der Waals surface area contributed by atoms with E-state index >= 15 is 0 Å². The minimum Gasteiger partial charge on any atom is -0.543 e. The van der Waals surface area contributed by atoms with Gasteiger partial charge in [0.15, 0.2) is 0 Å². The van der Waals surface area contributed by atoms with Crippen LogP contribution in [0.15, 0.2) is 11.9 Å². The maximum Gasteiger partial charge on any atom is 1.00 e. The number of aliphatic hydroxyl groups excluding tert-OH is 1. The van der Waals surface area contributed by atoms with E-state index in [1.165, 1.54) is 16.2 Å². The molecule has 7 nitrogen and oxygen atoms in total. The number of β-lactam (4-membered cyclic amide) rings is 1. The molecule has 0 spiro atoms. The first kappa shape index (κ1) is 19.6. The number of nitrogens with zero attached hydrogens (tertiary/aromatic N) is 3. The minimum atomic E-state index is -1.36. The summed E-state index contributed by atoms with van der Waals surface area (Å²) in [6.45, 7) is 7.27. The van der Waals surface area contributed by atoms with Gasteiger partial charge in [0.05, 0.1) is 40.3 Å². The van der Waals surface area contributed by atoms with E-state index < -0.39 is 18.0 Å². The van der Waals surface area contributed by atoms with E-state index in [1.54, 1.807) is 6.92 Å². The first-order valence-electron chi connectivity index (χ1n) is 8.16. The molecular weight excluding hydrogens is 365 g/mol. The van der Waals surface area contributed by atoms with E-state index in [9.17, 15) is 19.8 Å². The van der Waals surface area contributed by atoms with Crippen LogP contribution < -0.4 is 34.7 Å². The average Bonchev–Trinajstić information content (AvgIpc) is 3.11. The Bertz CT molecular complexity index is 926. The van der Waals surface area contributed by atoms with Crippen LogP contribution in [-0.4, -0.2) is 43.4 Å². The van der Waals surface area contributed by atoms with Crippen molar-refractivity contribution in [3.63, 3.8) is 0 Å². The maximum absolute atomic E-state index is 12.4. The smallest absolute Gasteiger partial charge is 0.543 e. The molecule has 0 unspecified atom stereocenters. The number of imidazole rings is 1. The Labute approximate surface area is 176 Å². The molecule has 4 rings (SSSR count). The average molecular weight is 383 g/mol. The molecule has 0 bridgehead atoms. The summed E-state index contributed by atoms with van der Waals surface area (Å²) in [5, 5.41) is 21.7. The summed E-state index contributed by atoms with van der Waals surface area (Å²) in [6.07, 6.45) is 1.06. The van der Waals surface area contributed by atoms with E-state index in [2.05, 4.69) is 4.98 Å². The Morgan fingerprint density at radius 2 is 2.08 bits per heavy atom. The molecular formula is C17H18N3NaO4S. The summed E-state index contributed by atoms with van der Waals surface area (Å²) >= 11 is 1.46. The fourth-order valence-corrected chi connectivity index (χ4v) is 5.43. The number of amides is 1. The molecule has 1 fully saturated rings. The van der Waals surface area contributed by atoms with Crippen molar-refractivity contribution in [3.8, 4) is 0 Å². The number of carbonyl (C=O) groups excluding carboxylic acids is 2. The molecule has 2 aliphatic heterocycles. The molecule has 4 atom stereocenters. The predicted octanol–water partition coefficient (Wildman–Crippen LogP) is -2.66. The van der Waals surface area contributed by atoms with Gasteiger partial charge < -0.3 is 19.9 Å². The zero-order valence-corrected chi connectivity index (χ0v) is 18.1. The number of aryl methyl sites for hydroxylation is 2. The third-order valence-electron chi connectivity index (χ3n) is 5.29. The van der Waals surface area contributed by atoms with Gasteiger partial charge in [-0.05, 0) is 20.8 Å². The van der Waals surface area contributed by atoms with E-state index in [0.717, 1.165) is 21.2 Å². The molecule has 1 amide bonds. The summed E-state index contributed by atoms with van der Waals surface area (Å²) in [4.78, 5) is 31.6. The summed E-state index contributed by atoms with van der Waals surface area (Å²) in [7, 11) is 0. The van der Waals surface area contributed by atoms with Crippen molar-refractivity contribution in [2.75, 3.05) is 0 Å². The van der Waals surface area contributed by atoms with Crippen molar-refractivity contribution in [2.24, 2.45) is 11.8 Å². The van der Waals surface area contributed by atoms with Crippen LogP contribution >= 0.6 is 11.3 Å². The van der Waals surface area contributed by atoms with Crippen molar-refractivity contribution < 1.29 is 49.4 Å². The molecule has 0 aliphatic carbocycles. The summed E-state index contributed by atoms with van der Waals surface area (Å²) in [5.74, 6) is -1.64. The van der Waals surface area contributed by atoms with Crippen molar-refractivity contribution in [1.82, 2.24) is 14.3 Å². The quantitative estimate of drug-likeness (QED) is 0.461. The van der Waals surface area contributed by atoms with Gasteiger partial charge in [-0.25, -0.2) is 4.98 Å². The number of carboxylic acids is 1. The maximum atomic E-state index is 12.4. The molecule has 2 aromatic heterocycles. The van der Waals surface area contributed by atoms with Gasteiger partial charge in [0.25, 0.3) is 0 Å². The molecule has 0 aromatic carbocycles. The molecule has 9 heteroatoms. The standard InChI is InChI=1S/C17H19N3O4S.Na/c1-6-11(10-5-19-9(4)18-7(2)16(19)25-10)14(17(23)24)20-13(6)12(8(3)21)15(20)22;/h5-6,8,12-13,21H,1-4H3,(H,23,24);/q;+1/p-1/t6-,8+,12+,13+;/m0./s1. The molecule has 0 saturated carbocycles. The summed E-state index contributed by atoms with van der Waals surface area (Å²) in [6, 6.07) is -0.336. The number of hydrogen-bond donors (Lipinski definition) is 1. The number of fused-ring (bicyclic) bond motifs is 2. The van der Waals surface area contributed by atoms with Crippen LogP contribution in [-0.2, 0) is 9.59 Å². The van der Waals surface area contributed by atoms with E-state index in [0.29, 0.717) is 5.57 Å². The second-order valence-electron chi connectivity index (χ2n) is 6.82.